The van der Waals surface area contributed by atoms with Crippen molar-refractivity contribution in [2.24, 2.45) is 5.92 Å². The van der Waals surface area contributed by atoms with Gasteiger partial charge in [-0.3, -0.25) is 9.52 Å². The van der Waals surface area contributed by atoms with Crippen molar-refractivity contribution in [2.75, 3.05) is 17.1 Å². The van der Waals surface area contributed by atoms with Gasteiger partial charge in [-0.2, -0.15) is 8.42 Å². The number of carbonyl (C=O) groups excluding carboxylic acids is 1. The summed E-state index contributed by atoms with van der Waals surface area (Å²) in [4.78, 5) is 16.7. The Labute approximate surface area is 229 Å². The smallest absolute Gasteiger partial charge is 0.300 e. The van der Waals surface area contributed by atoms with Crippen molar-refractivity contribution >= 4 is 55.9 Å². The third-order valence-corrected chi connectivity index (χ3v) is 7.66. The van der Waals surface area contributed by atoms with Gasteiger partial charge in [0.25, 0.3) is 16.1 Å². The van der Waals surface area contributed by atoms with Gasteiger partial charge in [0.15, 0.2) is 23.3 Å². The summed E-state index contributed by atoms with van der Waals surface area (Å²) < 4.78 is 88.0. The number of hydrogen-bond acceptors (Lipinski definition) is 5. The molecule has 1 amide bonds. The van der Waals surface area contributed by atoms with E-state index < -0.39 is 57.3 Å². The average Bonchev–Trinajstić information content (AvgIpc) is 3.56. The van der Waals surface area contributed by atoms with Crippen LogP contribution in [-0.4, -0.2) is 32.4 Å². The first-order valence-electron chi connectivity index (χ1n) is 11.3. The molecule has 2 atom stereocenters. The molecule has 0 bridgehead atoms. The minimum atomic E-state index is -4.10. The zero-order chi connectivity index (χ0) is 27.8. The van der Waals surface area contributed by atoms with Crippen molar-refractivity contribution < 1.29 is 30.8 Å². The highest BCUT2D eigenvalue weighted by molar-refractivity contribution is 14.1. The van der Waals surface area contributed by atoms with E-state index >= 15 is 13.2 Å². The van der Waals surface area contributed by atoms with Crippen LogP contribution in [0.4, 0.5) is 34.8 Å². The first kappa shape index (κ1) is 28.0. The third-order valence-electron chi connectivity index (χ3n) is 5.99. The largest absolute Gasteiger partial charge is 0.350 e. The van der Waals surface area contributed by atoms with Crippen LogP contribution in [0.25, 0.3) is 0 Å². The van der Waals surface area contributed by atoms with E-state index in [-0.39, 0.29) is 34.3 Å². The van der Waals surface area contributed by atoms with Crippen LogP contribution in [0.15, 0.2) is 36.5 Å². The number of carbonyl (C=O) groups is 1. The van der Waals surface area contributed by atoms with Gasteiger partial charge in [0.05, 0.1) is 16.9 Å². The van der Waals surface area contributed by atoms with Gasteiger partial charge in [0.1, 0.15) is 5.82 Å². The maximum atomic E-state index is 15.4. The van der Waals surface area contributed by atoms with Crippen molar-refractivity contribution in [1.82, 2.24) is 15.0 Å². The molecule has 1 heterocycles. The van der Waals surface area contributed by atoms with Crippen LogP contribution >= 0.6 is 22.6 Å². The Balaban J connectivity index is 1.75. The van der Waals surface area contributed by atoms with Crippen LogP contribution in [-0.2, 0) is 16.6 Å². The molecule has 8 nitrogen and oxygen atoms in total. The van der Waals surface area contributed by atoms with Crippen LogP contribution < -0.4 is 20.1 Å². The topological polar surface area (TPSA) is 112 Å². The molecule has 4 N–H and O–H groups in total. The Morgan fingerprint density at radius 2 is 1.79 bits per heavy atom. The summed E-state index contributed by atoms with van der Waals surface area (Å²) in [5, 5.41) is 5.21. The highest BCUT2D eigenvalue weighted by Crippen LogP contribution is 2.34. The van der Waals surface area contributed by atoms with E-state index in [1.807, 2.05) is 39.0 Å². The molecule has 38 heavy (non-hydrogen) atoms. The average molecular weight is 663 g/mol. The van der Waals surface area contributed by atoms with Gasteiger partial charge in [-0.25, -0.2) is 27.3 Å². The van der Waals surface area contributed by atoms with Gasteiger partial charge < -0.3 is 10.6 Å². The summed E-state index contributed by atoms with van der Waals surface area (Å²) in [5.74, 6) is -5.84. The fourth-order valence-corrected chi connectivity index (χ4v) is 4.63. The quantitative estimate of drug-likeness (QED) is 0.198. The van der Waals surface area contributed by atoms with Gasteiger partial charge in [-0.05, 0) is 76.4 Å². The first-order valence-corrected chi connectivity index (χ1v) is 13.8. The Morgan fingerprint density at radius 1 is 1.08 bits per heavy atom. The molecule has 4 rings (SSSR count). The second-order valence-electron chi connectivity index (χ2n) is 8.75. The normalized spacial score (nSPS) is 16.7. The number of rotatable bonds is 9. The van der Waals surface area contributed by atoms with Crippen LogP contribution in [0.2, 0.25) is 0 Å². The Kier molecular flexibility index (Phi) is 8.13. The summed E-state index contributed by atoms with van der Waals surface area (Å²) in [6.45, 7) is 1.91. The zero-order valence-electron chi connectivity index (χ0n) is 20.0. The SMILES string of the molecule is CNS(=O)(=O)Nc1nccc(Cc2cc(C(=O)N[C@@H]3C[C@H]3C)c(Nc3ccc(I)cc3F)c(F)c2F)c1F. The van der Waals surface area contributed by atoms with Gasteiger partial charge in [0.2, 0.25) is 0 Å². The summed E-state index contributed by atoms with van der Waals surface area (Å²) in [6, 6.07) is 6.14. The van der Waals surface area contributed by atoms with E-state index in [4.69, 9.17) is 0 Å². The minimum Gasteiger partial charge on any atom is -0.350 e. The Hall–Kier alpha value is -2.98. The molecule has 1 fully saturated rings. The molecule has 14 heteroatoms. The molecule has 0 spiro atoms. The molecule has 2 aromatic carbocycles. The van der Waals surface area contributed by atoms with Gasteiger partial charge in [-0.15, -0.1) is 0 Å². The van der Waals surface area contributed by atoms with Gasteiger partial charge >= 0.3 is 0 Å². The second kappa shape index (κ2) is 11.0. The summed E-state index contributed by atoms with van der Waals surface area (Å²) in [6.07, 6.45) is 1.27. The van der Waals surface area contributed by atoms with Crippen molar-refractivity contribution in [3.05, 3.63) is 80.1 Å². The van der Waals surface area contributed by atoms with Gasteiger partial charge in [-0.1, -0.05) is 6.92 Å². The molecule has 0 unspecified atom stereocenters. The molecule has 3 aromatic rings. The predicted octanol–water partition coefficient (Wildman–Crippen LogP) is 4.59. The lowest BCUT2D eigenvalue weighted by Gasteiger charge is -2.17. The van der Waals surface area contributed by atoms with Crippen molar-refractivity contribution in [3.8, 4) is 0 Å². The molecule has 202 valence electrons. The maximum absolute atomic E-state index is 15.4. The Morgan fingerprint density at radius 3 is 2.42 bits per heavy atom. The number of aromatic nitrogens is 1. The molecular formula is C24H22F4IN5O3S. The molecule has 0 aliphatic heterocycles. The molecule has 0 saturated heterocycles. The number of halogens is 5. The van der Waals surface area contributed by atoms with E-state index in [1.165, 1.54) is 18.2 Å². The molecular weight excluding hydrogens is 641 g/mol. The minimum absolute atomic E-state index is 0.151. The fraction of sp³-hybridized carbons (Fsp3) is 0.250. The molecule has 1 aliphatic rings. The van der Waals surface area contributed by atoms with Crippen molar-refractivity contribution in [3.63, 3.8) is 0 Å². The number of pyridine rings is 1. The van der Waals surface area contributed by atoms with Crippen LogP contribution in [0, 0.1) is 32.8 Å². The predicted molar refractivity (Wildman–Crippen MR) is 142 cm³/mol. The molecule has 1 saturated carbocycles. The molecule has 0 radical (unpaired) electrons. The highest BCUT2D eigenvalue weighted by Gasteiger charge is 2.35. The number of amides is 1. The number of anilines is 3. The number of benzene rings is 2. The number of nitrogens with zero attached hydrogens (tertiary/aromatic N) is 1. The second-order valence-corrected chi connectivity index (χ2v) is 11.6. The first-order chi connectivity index (χ1) is 17.9. The summed E-state index contributed by atoms with van der Waals surface area (Å²) in [5.41, 5.74) is -1.64. The highest BCUT2D eigenvalue weighted by atomic mass is 127. The van der Waals surface area contributed by atoms with E-state index in [0.29, 0.717) is 9.99 Å². The lowest BCUT2D eigenvalue weighted by molar-refractivity contribution is 0.0949. The van der Waals surface area contributed by atoms with E-state index in [0.717, 1.165) is 19.3 Å². The third kappa shape index (κ3) is 6.18. The molecule has 1 aliphatic carbocycles. The number of hydrogen-bond donors (Lipinski definition) is 4. The van der Waals surface area contributed by atoms with E-state index in [9.17, 15) is 17.6 Å². The van der Waals surface area contributed by atoms with E-state index in [2.05, 4.69) is 15.6 Å². The Bertz CT molecular complexity index is 1520. The standard InChI is InChI=1S/C24H22F4IN5O3S/c1-11-7-18(11)33-24(35)15-9-13(8-12-5-6-31-23(20(12)27)34-38(36,37)30-2)19(26)21(28)22(15)32-17-4-3-14(29)10-16(17)25/h3-6,9-11,18,30,32H,7-8H2,1-2H3,(H,31,34)(H,33,35)/t11-,18-/m1/s1. The number of nitrogens with one attached hydrogen (secondary N) is 4. The van der Waals surface area contributed by atoms with E-state index in [1.54, 1.807) is 6.07 Å². The lowest BCUT2D eigenvalue weighted by atomic mass is 9.99. The van der Waals surface area contributed by atoms with Gasteiger partial charge in [0, 0.05) is 29.3 Å². The van der Waals surface area contributed by atoms with Crippen LogP contribution in [0.5, 0.6) is 0 Å². The maximum Gasteiger partial charge on any atom is 0.300 e. The zero-order valence-corrected chi connectivity index (χ0v) is 23.0. The van der Waals surface area contributed by atoms with Crippen molar-refractivity contribution in [2.45, 2.75) is 25.8 Å². The molecule has 1 aromatic heterocycles. The summed E-state index contributed by atoms with van der Waals surface area (Å²) >= 11 is 1.89. The fourth-order valence-electron chi connectivity index (χ4n) is 3.68. The monoisotopic (exact) mass is 663 g/mol. The van der Waals surface area contributed by atoms with Crippen LogP contribution in [0.1, 0.15) is 34.8 Å². The van der Waals surface area contributed by atoms with Crippen LogP contribution in [0.3, 0.4) is 0 Å². The van der Waals surface area contributed by atoms with Crippen molar-refractivity contribution in [1.29, 1.82) is 0 Å². The lowest BCUT2D eigenvalue weighted by Crippen LogP contribution is -2.28. The summed E-state index contributed by atoms with van der Waals surface area (Å²) in [7, 11) is -2.99.